The van der Waals surface area contributed by atoms with Crippen molar-refractivity contribution >= 4 is 11.9 Å². The number of methoxy groups -OCH3 is 1. The second-order valence-electron chi connectivity index (χ2n) is 8.13. The molecule has 2 aromatic heterocycles. The van der Waals surface area contributed by atoms with Crippen molar-refractivity contribution in [2.45, 2.75) is 0 Å². The molecule has 0 saturated carbocycles. The smallest absolute Gasteiger partial charge is 0.272 e. The molecule has 0 spiro atoms. The predicted octanol–water partition coefficient (Wildman–Crippen LogP) is 4.22. The van der Waals surface area contributed by atoms with Gasteiger partial charge in [0.15, 0.2) is 0 Å². The molecule has 1 aliphatic rings. The lowest BCUT2D eigenvalue weighted by molar-refractivity contribution is 0.0299. The van der Waals surface area contributed by atoms with E-state index in [4.69, 9.17) is 19.9 Å². The highest BCUT2D eigenvalue weighted by Gasteiger charge is 2.20. The third-order valence-corrected chi connectivity index (χ3v) is 5.76. The topological polar surface area (TPSA) is 148 Å². The van der Waals surface area contributed by atoms with Crippen LogP contribution in [-0.2, 0) is 4.74 Å². The van der Waals surface area contributed by atoms with Crippen LogP contribution in [0.15, 0.2) is 72.9 Å². The highest BCUT2D eigenvalue weighted by atomic mass is 16.5. The maximum Gasteiger partial charge on any atom is 0.272 e. The van der Waals surface area contributed by atoms with Gasteiger partial charge in [-0.2, -0.15) is 0 Å². The lowest BCUT2D eigenvalue weighted by Gasteiger charge is -2.26. The minimum Gasteiger partial charge on any atom is -0.497 e. The second-order valence-corrected chi connectivity index (χ2v) is 8.13. The van der Waals surface area contributed by atoms with E-state index in [0.717, 1.165) is 22.6 Å². The summed E-state index contributed by atoms with van der Waals surface area (Å²) < 4.78 is 16.5. The molecule has 5 rings (SSSR count). The van der Waals surface area contributed by atoms with Crippen LogP contribution in [0.3, 0.4) is 0 Å². The Bertz CT molecular complexity index is 1360. The van der Waals surface area contributed by atoms with E-state index in [1.54, 1.807) is 30.3 Å². The molecule has 37 heavy (non-hydrogen) atoms. The summed E-state index contributed by atoms with van der Waals surface area (Å²) in [6, 6.07) is 20.3. The highest BCUT2D eigenvalue weighted by molar-refractivity contribution is 5.92. The van der Waals surface area contributed by atoms with Crippen molar-refractivity contribution in [1.82, 2.24) is 26.0 Å². The number of carbonyl (C=O) groups is 1. The third kappa shape index (κ3) is 6.00. The van der Waals surface area contributed by atoms with Gasteiger partial charge in [0.25, 0.3) is 5.91 Å². The Morgan fingerprint density at radius 2 is 1.46 bits per heavy atom. The van der Waals surface area contributed by atoms with E-state index in [1.165, 1.54) is 0 Å². The number of nitrogens with zero attached hydrogens (tertiary/aromatic N) is 4. The molecule has 1 amide bonds. The quantitative estimate of drug-likeness (QED) is 0.397. The first-order chi connectivity index (χ1) is 17.6. The van der Waals surface area contributed by atoms with Crippen LogP contribution in [0.25, 0.3) is 22.5 Å². The number of anilines is 1. The van der Waals surface area contributed by atoms with Gasteiger partial charge >= 0.3 is 0 Å². The molecule has 0 aliphatic carbocycles. The molecule has 10 nitrogen and oxygen atoms in total. The number of hydrogen-bond donors (Lipinski definition) is 2. The first-order valence-corrected chi connectivity index (χ1v) is 11.5. The van der Waals surface area contributed by atoms with E-state index in [9.17, 15) is 4.79 Å². The lowest BCUT2D eigenvalue weighted by Crippen LogP contribution is -2.41. The number of amides is 1. The van der Waals surface area contributed by atoms with Gasteiger partial charge in [-0.3, -0.25) is 9.78 Å². The lowest BCUT2D eigenvalue weighted by atomic mass is 10.1. The number of rotatable bonds is 6. The summed E-state index contributed by atoms with van der Waals surface area (Å²) in [5, 5.41) is 0. The Balaban J connectivity index is 0.00000320. The number of ether oxygens (including phenoxy) is 3. The minimum atomic E-state index is -0.131. The fourth-order valence-electron chi connectivity index (χ4n) is 3.87. The van der Waals surface area contributed by atoms with Crippen molar-refractivity contribution in [3.05, 3.63) is 78.6 Å². The average molecular weight is 501 g/mol. The molecule has 190 valence electrons. The zero-order valence-electron chi connectivity index (χ0n) is 20.5. The van der Waals surface area contributed by atoms with Crippen LogP contribution in [0.1, 0.15) is 10.5 Å². The monoisotopic (exact) mass is 500 g/mol. The number of morpholine rings is 1. The molecule has 3 heterocycles. The number of carbonyl (C=O) groups excluding carboxylic acids is 1. The minimum absolute atomic E-state index is 0. The first-order valence-electron chi connectivity index (χ1n) is 11.5. The summed E-state index contributed by atoms with van der Waals surface area (Å²) in [5.74, 6) is 1.97. The number of aromatic nitrogens is 3. The van der Waals surface area contributed by atoms with Gasteiger partial charge in [0.1, 0.15) is 22.9 Å². The molecular formula is C27H28N6O4. The number of nitrogens with two attached hydrogens (primary N) is 1. The molecule has 0 atom stereocenters. The summed E-state index contributed by atoms with van der Waals surface area (Å²) in [6.45, 7) is 2.18. The maximum atomic E-state index is 12.7. The molecule has 1 fully saturated rings. The van der Waals surface area contributed by atoms with Crippen molar-refractivity contribution in [3.8, 4) is 39.8 Å². The maximum absolute atomic E-state index is 12.7. The van der Waals surface area contributed by atoms with Crippen molar-refractivity contribution < 1.29 is 19.0 Å². The van der Waals surface area contributed by atoms with E-state index >= 15 is 0 Å². The predicted molar refractivity (Wildman–Crippen MR) is 140 cm³/mol. The number of benzene rings is 2. The molecule has 10 heteroatoms. The van der Waals surface area contributed by atoms with Gasteiger partial charge in [0.05, 0.1) is 31.7 Å². The van der Waals surface area contributed by atoms with Gasteiger partial charge in [-0.1, -0.05) is 0 Å². The third-order valence-electron chi connectivity index (χ3n) is 5.76. The van der Waals surface area contributed by atoms with E-state index in [1.807, 2.05) is 54.6 Å². The molecule has 1 saturated heterocycles. The first kappa shape index (κ1) is 25.5. The Kier molecular flexibility index (Phi) is 7.92. The van der Waals surface area contributed by atoms with Gasteiger partial charge < -0.3 is 31.0 Å². The van der Waals surface area contributed by atoms with Crippen LogP contribution in [0.5, 0.6) is 17.2 Å². The number of pyridine rings is 1. The van der Waals surface area contributed by atoms with E-state index in [2.05, 4.69) is 15.0 Å². The number of nitrogen functional groups attached to an aromatic ring is 1. The average Bonchev–Trinajstić information content (AvgIpc) is 2.93. The largest absolute Gasteiger partial charge is 0.497 e. The van der Waals surface area contributed by atoms with Gasteiger partial charge in [0.2, 0.25) is 5.95 Å². The molecule has 0 bridgehead atoms. The van der Waals surface area contributed by atoms with E-state index < -0.39 is 0 Å². The molecule has 5 N–H and O–H groups in total. The zero-order valence-corrected chi connectivity index (χ0v) is 20.5. The Morgan fingerprint density at radius 3 is 2.05 bits per heavy atom. The van der Waals surface area contributed by atoms with Gasteiger partial charge in [-0.05, 0) is 60.7 Å². The normalized spacial score (nSPS) is 12.9. The van der Waals surface area contributed by atoms with Crippen molar-refractivity contribution in [2.24, 2.45) is 0 Å². The molecule has 0 radical (unpaired) electrons. The highest BCUT2D eigenvalue weighted by Crippen LogP contribution is 2.29. The number of hydrogen-bond acceptors (Lipinski definition) is 9. The molecule has 2 aromatic carbocycles. The second kappa shape index (κ2) is 11.5. The van der Waals surface area contributed by atoms with Gasteiger partial charge in [-0.25, -0.2) is 9.97 Å². The van der Waals surface area contributed by atoms with Crippen LogP contribution in [0.4, 0.5) is 5.95 Å². The Hall–Kier alpha value is -4.54. The molecule has 4 aromatic rings. The van der Waals surface area contributed by atoms with Gasteiger partial charge in [-0.15, -0.1) is 0 Å². The molecule has 1 aliphatic heterocycles. The van der Waals surface area contributed by atoms with Crippen LogP contribution >= 0.6 is 0 Å². The standard InChI is InChI=1S/C27H25N5O4.H3N/c1-34-20-6-2-18(3-7-20)23-17-24(31-27(28)30-23)19-4-8-21(9-5-19)36-22-10-11-29-25(16-22)26(33)32-12-14-35-15-13-32;/h2-11,16-17H,12-15H2,1H3,(H2,28,30,31);1H3. The van der Waals surface area contributed by atoms with Crippen molar-refractivity contribution in [2.75, 3.05) is 39.1 Å². The summed E-state index contributed by atoms with van der Waals surface area (Å²) in [4.78, 5) is 27.4. The fourth-order valence-corrected chi connectivity index (χ4v) is 3.87. The zero-order chi connectivity index (χ0) is 24.9. The van der Waals surface area contributed by atoms with Crippen LogP contribution in [-0.4, -0.2) is 59.2 Å². The van der Waals surface area contributed by atoms with E-state index in [0.29, 0.717) is 49.2 Å². The Morgan fingerprint density at radius 1 is 0.865 bits per heavy atom. The van der Waals surface area contributed by atoms with Gasteiger partial charge in [0, 0.05) is 36.5 Å². The fraction of sp³-hybridized carbons (Fsp3) is 0.185. The Labute approximate surface area is 214 Å². The molecular weight excluding hydrogens is 472 g/mol. The van der Waals surface area contributed by atoms with Crippen LogP contribution in [0.2, 0.25) is 0 Å². The van der Waals surface area contributed by atoms with Crippen molar-refractivity contribution in [1.29, 1.82) is 0 Å². The summed E-state index contributed by atoms with van der Waals surface area (Å²) in [5.41, 5.74) is 9.53. The van der Waals surface area contributed by atoms with E-state index in [-0.39, 0.29) is 18.0 Å². The van der Waals surface area contributed by atoms with Crippen LogP contribution < -0.4 is 21.4 Å². The molecule has 0 unspecified atom stereocenters. The SMILES string of the molecule is COc1ccc(-c2cc(-c3ccc(Oc4ccnc(C(=O)N5CCOCC5)c4)cc3)nc(N)n2)cc1.N. The van der Waals surface area contributed by atoms with Crippen LogP contribution in [0, 0.1) is 0 Å². The summed E-state index contributed by atoms with van der Waals surface area (Å²) in [6.07, 6.45) is 1.57. The van der Waals surface area contributed by atoms with Crippen molar-refractivity contribution in [3.63, 3.8) is 0 Å². The summed E-state index contributed by atoms with van der Waals surface area (Å²) in [7, 11) is 1.63. The summed E-state index contributed by atoms with van der Waals surface area (Å²) >= 11 is 0.